The number of aliphatic carboxylic acids is 1. The molecule has 2 amide bonds. The summed E-state index contributed by atoms with van der Waals surface area (Å²) in [6.07, 6.45) is 0.992. The second-order valence-corrected chi connectivity index (χ2v) is 4.74. The van der Waals surface area contributed by atoms with Crippen molar-refractivity contribution in [3.05, 3.63) is 16.6 Å². The number of thiazole rings is 1. The van der Waals surface area contributed by atoms with E-state index in [1.807, 2.05) is 0 Å². The van der Waals surface area contributed by atoms with Gasteiger partial charge in [0.25, 0.3) is 0 Å². The molecular weight excluding hydrogens is 274 g/mol. The molecule has 0 spiro atoms. The van der Waals surface area contributed by atoms with E-state index in [2.05, 4.69) is 10.3 Å². The third-order valence-electron chi connectivity index (χ3n) is 2.48. The van der Waals surface area contributed by atoms with Gasteiger partial charge < -0.3 is 15.2 Å². The van der Waals surface area contributed by atoms with Crippen LogP contribution in [0.1, 0.15) is 5.01 Å². The monoisotopic (exact) mass is 285 g/mol. The molecule has 0 bridgehead atoms. The SMILES string of the molecule is O=C(O)CNC(=O)[C@@H]1COC(=O)N1Cc1nccs1. The molecule has 0 radical (unpaired) electrons. The van der Waals surface area contributed by atoms with Gasteiger partial charge in [-0.2, -0.15) is 0 Å². The molecule has 0 aromatic carbocycles. The van der Waals surface area contributed by atoms with Crippen molar-refractivity contribution in [2.24, 2.45) is 0 Å². The van der Waals surface area contributed by atoms with Crippen molar-refractivity contribution < 1.29 is 24.2 Å². The fourth-order valence-corrected chi connectivity index (χ4v) is 2.21. The lowest BCUT2D eigenvalue weighted by Crippen LogP contribution is -2.46. The van der Waals surface area contributed by atoms with Crippen molar-refractivity contribution in [3.8, 4) is 0 Å². The summed E-state index contributed by atoms with van der Waals surface area (Å²) >= 11 is 1.36. The minimum absolute atomic E-state index is 0.0876. The molecule has 1 aliphatic rings. The number of carbonyl (C=O) groups is 3. The summed E-state index contributed by atoms with van der Waals surface area (Å²) in [5.74, 6) is -1.70. The lowest BCUT2D eigenvalue weighted by atomic mass is 10.2. The lowest BCUT2D eigenvalue weighted by molar-refractivity contribution is -0.138. The van der Waals surface area contributed by atoms with Gasteiger partial charge in [0.2, 0.25) is 5.91 Å². The summed E-state index contributed by atoms with van der Waals surface area (Å²) < 4.78 is 4.81. The van der Waals surface area contributed by atoms with Crippen molar-refractivity contribution in [2.75, 3.05) is 13.2 Å². The van der Waals surface area contributed by atoms with Gasteiger partial charge in [0.05, 0.1) is 6.54 Å². The Balaban J connectivity index is 2.00. The number of hydrogen-bond acceptors (Lipinski definition) is 6. The van der Waals surface area contributed by atoms with Crippen LogP contribution in [0.15, 0.2) is 11.6 Å². The summed E-state index contributed by atoms with van der Waals surface area (Å²) in [6, 6.07) is -0.823. The van der Waals surface area contributed by atoms with Gasteiger partial charge in [0.15, 0.2) is 0 Å². The standard InChI is InChI=1S/C10H11N3O5S/c14-8(15)3-12-9(16)6-5-18-10(17)13(6)4-7-11-1-2-19-7/h1-2,6H,3-5H2,(H,12,16)(H,14,15)/t6-/m0/s1. The van der Waals surface area contributed by atoms with Gasteiger partial charge in [-0.1, -0.05) is 0 Å². The van der Waals surface area contributed by atoms with E-state index in [-0.39, 0.29) is 13.2 Å². The smallest absolute Gasteiger partial charge is 0.411 e. The highest BCUT2D eigenvalue weighted by Crippen LogP contribution is 2.17. The summed E-state index contributed by atoms with van der Waals surface area (Å²) in [6.45, 7) is -0.411. The van der Waals surface area contributed by atoms with Gasteiger partial charge in [-0.25, -0.2) is 9.78 Å². The fraction of sp³-hybridized carbons (Fsp3) is 0.400. The van der Waals surface area contributed by atoms with E-state index in [0.29, 0.717) is 5.01 Å². The Labute approximate surface area is 112 Å². The zero-order valence-electron chi connectivity index (χ0n) is 9.74. The molecule has 2 rings (SSSR count). The zero-order chi connectivity index (χ0) is 13.8. The van der Waals surface area contributed by atoms with Crippen LogP contribution in [-0.2, 0) is 20.9 Å². The van der Waals surface area contributed by atoms with Crippen LogP contribution >= 0.6 is 11.3 Å². The Morgan fingerprint density at radius 3 is 3.05 bits per heavy atom. The first-order valence-electron chi connectivity index (χ1n) is 5.39. The van der Waals surface area contributed by atoms with Crippen molar-refractivity contribution in [2.45, 2.75) is 12.6 Å². The number of nitrogens with zero attached hydrogens (tertiary/aromatic N) is 2. The summed E-state index contributed by atoms with van der Waals surface area (Å²) in [4.78, 5) is 39.0. The van der Waals surface area contributed by atoms with E-state index in [1.165, 1.54) is 16.2 Å². The van der Waals surface area contributed by atoms with Crippen LogP contribution in [0.25, 0.3) is 0 Å². The maximum Gasteiger partial charge on any atom is 0.411 e. The highest BCUT2D eigenvalue weighted by atomic mass is 32.1. The molecule has 1 atom stereocenters. The minimum Gasteiger partial charge on any atom is -0.480 e. The number of carboxylic acid groups (broad SMARTS) is 1. The van der Waals surface area contributed by atoms with Crippen molar-refractivity contribution in [1.82, 2.24) is 15.2 Å². The Kier molecular flexibility index (Phi) is 3.95. The van der Waals surface area contributed by atoms with E-state index in [0.717, 1.165) is 0 Å². The number of hydrogen-bond donors (Lipinski definition) is 2. The molecule has 0 unspecified atom stereocenters. The third-order valence-corrected chi connectivity index (χ3v) is 3.25. The lowest BCUT2D eigenvalue weighted by Gasteiger charge is -2.19. The fourth-order valence-electron chi connectivity index (χ4n) is 1.60. The Morgan fingerprint density at radius 2 is 2.42 bits per heavy atom. The molecule has 1 fully saturated rings. The van der Waals surface area contributed by atoms with Crippen LogP contribution in [0.2, 0.25) is 0 Å². The van der Waals surface area contributed by atoms with E-state index >= 15 is 0 Å². The van der Waals surface area contributed by atoms with E-state index in [1.54, 1.807) is 11.6 Å². The first kappa shape index (κ1) is 13.3. The highest BCUT2D eigenvalue weighted by Gasteiger charge is 2.38. The van der Waals surface area contributed by atoms with Gasteiger partial charge in [0.1, 0.15) is 24.2 Å². The first-order chi connectivity index (χ1) is 9.08. The average Bonchev–Trinajstić information content (AvgIpc) is 2.98. The number of aromatic nitrogens is 1. The maximum atomic E-state index is 11.8. The van der Waals surface area contributed by atoms with E-state index < -0.39 is 30.6 Å². The molecule has 9 heteroatoms. The number of nitrogens with one attached hydrogen (secondary N) is 1. The molecule has 0 aliphatic carbocycles. The zero-order valence-corrected chi connectivity index (χ0v) is 10.6. The van der Waals surface area contributed by atoms with Gasteiger partial charge in [0, 0.05) is 11.6 Å². The average molecular weight is 285 g/mol. The Hall–Kier alpha value is -2.16. The summed E-state index contributed by atoms with van der Waals surface area (Å²) in [5, 5.41) is 13.2. The molecule has 2 N–H and O–H groups in total. The van der Waals surface area contributed by atoms with Crippen LogP contribution in [0.3, 0.4) is 0 Å². The number of carbonyl (C=O) groups excluding carboxylic acids is 2. The third kappa shape index (κ3) is 3.19. The van der Waals surface area contributed by atoms with Crippen molar-refractivity contribution >= 4 is 29.3 Å². The number of carboxylic acids is 1. The minimum atomic E-state index is -1.15. The Bertz CT molecular complexity index is 489. The van der Waals surface area contributed by atoms with Crippen molar-refractivity contribution in [3.63, 3.8) is 0 Å². The normalized spacial score (nSPS) is 18.2. The van der Waals surface area contributed by atoms with Crippen LogP contribution < -0.4 is 5.32 Å². The second-order valence-electron chi connectivity index (χ2n) is 3.76. The number of amides is 2. The largest absolute Gasteiger partial charge is 0.480 e. The number of ether oxygens (including phenoxy) is 1. The predicted molar refractivity (Wildman–Crippen MR) is 63.4 cm³/mol. The number of cyclic esters (lactones) is 1. The summed E-state index contributed by atoms with van der Waals surface area (Å²) in [5.41, 5.74) is 0. The van der Waals surface area contributed by atoms with E-state index in [9.17, 15) is 14.4 Å². The molecular formula is C10H11N3O5S. The molecule has 19 heavy (non-hydrogen) atoms. The van der Waals surface area contributed by atoms with Crippen LogP contribution in [0.4, 0.5) is 4.79 Å². The second kappa shape index (κ2) is 5.65. The topological polar surface area (TPSA) is 109 Å². The molecule has 2 heterocycles. The quantitative estimate of drug-likeness (QED) is 0.766. The van der Waals surface area contributed by atoms with E-state index in [4.69, 9.17) is 9.84 Å². The van der Waals surface area contributed by atoms with Crippen LogP contribution in [0.5, 0.6) is 0 Å². The molecule has 1 aromatic rings. The molecule has 8 nitrogen and oxygen atoms in total. The van der Waals surface area contributed by atoms with Gasteiger partial charge in [-0.15, -0.1) is 11.3 Å². The molecule has 1 saturated heterocycles. The molecule has 1 aromatic heterocycles. The Morgan fingerprint density at radius 1 is 1.63 bits per heavy atom. The highest BCUT2D eigenvalue weighted by molar-refractivity contribution is 7.09. The van der Waals surface area contributed by atoms with Gasteiger partial charge >= 0.3 is 12.1 Å². The van der Waals surface area contributed by atoms with Gasteiger partial charge in [-0.3, -0.25) is 14.5 Å². The molecule has 0 saturated carbocycles. The first-order valence-corrected chi connectivity index (χ1v) is 6.27. The van der Waals surface area contributed by atoms with Crippen LogP contribution in [0, 0.1) is 0 Å². The maximum absolute atomic E-state index is 11.8. The van der Waals surface area contributed by atoms with Gasteiger partial charge in [-0.05, 0) is 0 Å². The predicted octanol–water partition coefficient (Wildman–Crippen LogP) is -0.335. The number of rotatable bonds is 5. The molecule has 1 aliphatic heterocycles. The summed E-state index contributed by atoms with van der Waals surface area (Å²) in [7, 11) is 0. The van der Waals surface area contributed by atoms with Crippen LogP contribution in [-0.4, -0.2) is 52.2 Å². The molecule has 102 valence electrons. The van der Waals surface area contributed by atoms with Crippen molar-refractivity contribution in [1.29, 1.82) is 0 Å².